The quantitative estimate of drug-likeness (QED) is 0.0259. The topological polar surface area (TPSA) is 218 Å². The molecule has 0 amide bonds. The summed E-state index contributed by atoms with van der Waals surface area (Å²) in [5.74, 6) is 0. The Kier molecular flexibility index (Phi) is 30.0. The van der Waals surface area contributed by atoms with Crippen LogP contribution in [-0.2, 0) is 38.8 Å². The van der Waals surface area contributed by atoms with Crippen molar-refractivity contribution in [1.82, 2.24) is 4.90 Å². The van der Waals surface area contributed by atoms with Gasteiger partial charge < -0.3 is 58.1 Å². The Morgan fingerprint density at radius 3 is 1.37 bits per heavy atom. The average Bonchev–Trinajstić information content (AvgIpc) is 3.98. The molecule has 0 saturated heterocycles. The third-order valence-corrected chi connectivity index (χ3v) is 14.2. The van der Waals surface area contributed by atoms with E-state index >= 15 is 0 Å². The zero-order chi connectivity index (χ0) is 51.1. The molecule has 0 radical (unpaired) electrons. The largest absolute Gasteiger partial charge is 0.394 e. The molecule has 70 heavy (non-hydrogen) atoms. The second-order valence-corrected chi connectivity index (χ2v) is 21.0. The maximum Gasteiger partial charge on any atom is 0.0800 e. The van der Waals surface area contributed by atoms with Crippen molar-refractivity contribution in [2.45, 2.75) is 192 Å². The van der Waals surface area contributed by atoms with E-state index in [4.69, 9.17) is 27.4 Å². The monoisotopic (exact) mass is 977 g/mol. The smallest absolute Gasteiger partial charge is 0.0800 e. The molecule has 13 N–H and O–H groups in total. The summed E-state index contributed by atoms with van der Waals surface area (Å²) in [6.07, 6.45) is 28.3. The highest BCUT2D eigenvalue weighted by molar-refractivity contribution is 5.59. The molecule has 5 rings (SSSR count). The van der Waals surface area contributed by atoms with E-state index in [1.807, 2.05) is 12.1 Å². The first-order valence-corrected chi connectivity index (χ1v) is 27.4. The summed E-state index contributed by atoms with van der Waals surface area (Å²) in [7, 11) is 0. The molecule has 0 aromatic heterocycles. The molecule has 0 unspecified atom stereocenters. The molecular formula is C58H100N6O6. The van der Waals surface area contributed by atoms with Gasteiger partial charge in [0.2, 0.25) is 0 Å². The third-order valence-electron chi connectivity index (χ3n) is 14.2. The first kappa shape index (κ1) is 61.2. The van der Waals surface area contributed by atoms with Crippen molar-refractivity contribution in [3.63, 3.8) is 0 Å². The molecule has 0 saturated carbocycles. The van der Waals surface area contributed by atoms with Crippen LogP contribution in [0, 0.1) is 0 Å². The van der Waals surface area contributed by atoms with Crippen molar-refractivity contribution in [2.24, 2.45) is 17.2 Å². The van der Waals surface area contributed by atoms with Crippen LogP contribution < -0.4 is 27.4 Å². The first-order valence-electron chi connectivity index (χ1n) is 27.4. The van der Waals surface area contributed by atoms with Gasteiger partial charge in [0.25, 0.3) is 0 Å². The maximum atomic E-state index is 9.40. The lowest BCUT2D eigenvalue weighted by atomic mass is 10.0. The summed E-state index contributed by atoms with van der Waals surface area (Å²) < 4.78 is 0. The minimum Gasteiger partial charge on any atom is -0.394 e. The number of hydrogen-bond donors (Lipinski definition) is 10. The van der Waals surface area contributed by atoms with Gasteiger partial charge in [-0.05, 0) is 96.5 Å². The van der Waals surface area contributed by atoms with E-state index in [0.29, 0.717) is 19.6 Å². The van der Waals surface area contributed by atoms with E-state index in [2.05, 4.69) is 84.4 Å². The second kappa shape index (κ2) is 34.3. The van der Waals surface area contributed by atoms with Crippen molar-refractivity contribution in [3.8, 4) is 0 Å². The number of aryl methyl sites for hydroxylation is 3. The van der Waals surface area contributed by atoms with Crippen LogP contribution in [0.25, 0.3) is 0 Å². The van der Waals surface area contributed by atoms with Crippen LogP contribution in [0.4, 0.5) is 11.4 Å². The second-order valence-electron chi connectivity index (χ2n) is 21.0. The van der Waals surface area contributed by atoms with Gasteiger partial charge in [-0.15, -0.1) is 0 Å². The average molecular weight is 977 g/mol. The molecule has 12 heteroatoms. The van der Waals surface area contributed by atoms with Gasteiger partial charge >= 0.3 is 0 Å². The number of aliphatic hydroxyl groups is 6. The number of unbranched alkanes of at least 4 members (excludes halogenated alkanes) is 15. The van der Waals surface area contributed by atoms with E-state index < -0.39 is 16.6 Å². The molecule has 0 fully saturated rings. The molecule has 0 aliphatic carbocycles. The van der Waals surface area contributed by atoms with Crippen molar-refractivity contribution in [1.29, 1.82) is 0 Å². The van der Waals surface area contributed by atoms with E-state index in [1.165, 1.54) is 155 Å². The first-order chi connectivity index (χ1) is 33.8. The van der Waals surface area contributed by atoms with Gasteiger partial charge in [0.1, 0.15) is 0 Å². The minimum absolute atomic E-state index is 0.195. The number of fused-ring (bicyclic) bond motifs is 2. The molecule has 0 bridgehead atoms. The van der Waals surface area contributed by atoms with Gasteiger partial charge in [-0.25, -0.2) is 0 Å². The summed E-state index contributed by atoms with van der Waals surface area (Å²) in [5, 5.41) is 59.0. The highest BCUT2D eigenvalue weighted by Gasteiger charge is 2.31. The molecule has 3 aromatic rings. The third kappa shape index (κ3) is 22.7. The van der Waals surface area contributed by atoms with Crippen molar-refractivity contribution in [3.05, 3.63) is 94.0 Å². The highest BCUT2D eigenvalue weighted by Crippen LogP contribution is 2.31. The van der Waals surface area contributed by atoms with Crippen LogP contribution in [0.5, 0.6) is 0 Å². The Morgan fingerprint density at radius 1 is 0.457 bits per heavy atom. The maximum absolute atomic E-state index is 9.40. The minimum atomic E-state index is -0.975. The van der Waals surface area contributed by atoms with E-state index in [1.54, 1.807) is 0 Å². The lowest BCUT2D eigenvalue weighted by Crippen LogP contribution is -2.55. The van der Waals surface area contributed by atoms with Gasteiger partial charge in [-0.3, -0.25) is 4.90 Å². The predicted octanol–water partition coefficient (Wildman–Crippen LogP) is 7.91. The van der Waals surface area contributed by atoms with Gasteiger partial charge in [0, 0.05) is 50.6 Å². The molecule has 0 atom stereocenters. The molecular weight excluding hydrogens is 877 g/mol. The van der Waals surface area contributed by atoms with E-state index in [9.17, 15) is 20.4 Å². The fourth-order valence-electron chi connectivity index (χ4n) is 9.31. The number of rotatable bonds is 34. The van der Waals surface area contributed by atoms with Gasteiger partial charge in [0.05, 0.1) is 56.3 Å². The van der Waals surface area contributed by atoms with Crippen LogP contribution in [0.15, 0.2) is 60.7 Å². The Bertz CT molecular complexity index is 1800. The number of hydrogen-bond acceptors (Lipinski definition) is 12. The number of aliphatic hydroxyl groups excluding tert-OH is 6. The summed E-state index contributed by atoms with van der Waals surface area (Å²) in [6, 6.07) is 21.9. The molecule has 2 aliphatic heterocycles. The summed E-state index contributed by atoms with van der Waals surface area (Å²) in [5.41, 5.74) is 25.5. The molecule has 2 aliphatic rings. The number of benzene rings is 3. The standard InChI is InChI=1S/2C20H34N2O2.C18H32N2O2/c1-2-3-4-5-6-7-8-17-9-10-18-12-22(13-19(18)11-17)14-20(21,15-23)16-24;1-2-3-4-5-6-7-8-17-9-10-19-18(13-17)11-12-22(19)14-20(21,15-23)16-24;1-2-3-4-5-6-7-8-16-9-11-17(12-10-16)20-13-18(19,14-21)15-22/h9-11,23-24H,2-8,12-16,21H2,1H3;9-10,13,23-24H,2-8,11-12,14-16,21H2,1H3;9-12,20-22H,2-8,13-15,19H2,1H3. The molecule has 398 valence electrons. The van der Waals surface area contributed by atoms with Crippen molar-refractivity contribution in [2.75, 3.05) is 76.0 Å². The molecule has 3 aromatic carbocycles. The van der Waals surface area contributed by atoms with Gasteiger partial charge in [-0.2, -0.15) is 0 Å². The normalized spacial score (nSPS) is 13.7. The van der Waals surface area contributed by atoms with Gasteiger partial charge in [0.15, 0.2) is 0 Å². The van der Waals surface area contributed by atoms with Crippen LogP contribution in [-0.4, -0.2) is 118 Å². The zero-order valence-electron chi connectivity index (χ0n) is 44.1. The number of nitrogens with two attached hydrogens (primary N) is 3. The summed E-state index contributed by atoms with van der Waals surface area (Å²) >= 11 is 0. The number of nitrogens with one attached hydrogen (secondary N) is 1. The Hall–Kier alpha value is -3.14. The van der Waals surface area contributed by atoms with Crippen molar-refractivity contribution < 1.29 is 30.6 Å². The fourth-order valence-corrected chi connectivity index (χ4v) is 9.31. The summed E-state index contributed by atoms with van der Waals surface area (Å²) in [6.45, 7) is 9.44. The SMILES string of the molecule is CCCCCCCCc1ccc(NCC(N)(CO)CO)cc1.CCCCCCCCc1ccc2c(c1)CCN2CC(N)(CO)CO.CCCCCCCCc1ccc2c(c1)CN(CC(N)(CO)CO)C2. The summed E-state index contributed by atoms with van der Waals surface area (Å²) in [4.78, 5) is 4.40. The van der Waals surface area contributed by atoms with Crippen molar-refractivity contribution >= 4 is 11.4 Å². The van der Waals surface area contributed by atoms with Crippen LogP contribution >= 0.6 is 0 Å². The lowest BCUT2D eigenvalue weighted by molar-refractivity contribution is 0.0823. The zero-order valence-corrected chi connectivity index (χ0v) is 44.1. The van der Waals surface area contributed by atoms with Crippen LogP contribution in [0.3, 0.4) is 0 Å². The number of nitrogens with zero attached hydrogens (tertiary/aromatic N) is 2. The molecule has 0 spiro atoms. The van der Waals surface area contributed by atoms with Crippen LogP contribution in [0.1, 0.15) is 170 Å². The number of anilines is 2. The predicted molar refractivity (Wildman–Crippen MR) is 292 cm³/mol. The lowest BCUT2D eigenvalue weighted by Gasteiger charge is -2.31. The van der Waals surface area contributed by atoms with Gasteiger partial charge in [-0.1, -0.05) is 160 Å². The van der Waals surface area contributed by atoms with Crippen LogP contribution in [0.2, 0.25) is 0 Å². The highest BCUT2D eigenvalue weighted by atomic mass is 16.3. The fraction of sp³-hybridized carbons (Fsp3) is 0.690. The Balaban J connectivity index is 0.000000278. The Labute approximate surface area is 424 Å². The molecule has 2 heterocycles. The van der Waals surface area contributed by atoms with E-state index in [0.717, 1.165) is 51.0 Å². The Morgan fingerprint density at radius 2 is 0.871 bits per heavy atom. The van der Waals surface area contributed by atoms with E-state index in [-0.39, 0.29) is 39.6 Å². The molecule has 12 nitrogen and oxygen atoms in total.